The summed E-state index contributed by atoms with van der Waals surface area (Å²) in [6.45, 7) is -1.42. The number of benzene rings is 1. The highest BCUT2D eigenvalue weighted by Crippen LogP contribution is 2.23. The third-order valence-electron chi connectivity index (χ3n) is 1.87. The van der Waals surface area contributed by atoms with Crippen LogP contribution < -0.4 is 0 Å². The largest absolute Gasteiger partial charge is 0.487 e. The predicted octanol–water partition coefficient (Wildman–Crippen LogP) is 1.73. The molecule has 0 saturated carbocycles. The highest BCUT2D eigenvalue weighted by Gasteiger charge is 2.42. The fraction of sp³-hybridized carbons (Fsp3) is 0.200. The van der Waals surface area contributed by atoms with Gasteiger partial charge in [-0.1, -0.05) is 18.2 Å². The van der Waals surface area contributed by atoms with Gasteiger partial charge >= 0.3 is 12.3 Å². The molecule has 0 unspecified atom stereocenters. The van der Waals surface area contributed by atoms with E-state index in [0.29, 0.717) is 0 Å². The summed E-state index contributed by atoms with van der Waals surface area (Å²) >= 11 is 0. The Morgan fingerprint density at radius 1 is 1.18 bits per heavy atom. The molecule has 0 saturated heterocycles. The molecule has 1 rings (SSSR count). The summed E-state index contributed by atoms with van der Waals surface area (Å²) in [5, 5.41) is 8.35. The molecular formula is C10H8F3NO3. The van der Waals surface area contributed by atoms with Crippen LogP contribution in [0.3, 0.4) is 0 Å². The smallest absolute Gasteiger partial charge is 0.480 e. The van der Waals surface area contributed by atoms with Gasteiger partial charge in [-0.2, -0.15) is 0 Å². The number of carboxylic acid groups (broad SMARTS) is 1. The van der Waals surface area contributed by atoms with Crippen LogP contribution in [0.15, 0.2) is 30.3 Å². The summed E-state index contributed by atoms with van der Waals surface area (Å²) in [5.41, 5.74) is -0.217. The van der Waals surface area contributed by atoms with Gasteiger partial charge in [0, 0.05) is 5.56 Å². The maximum atomic E-state index is 12.5. The van der Waals surface area contributed by atoms with Gasteiger partial charge < -0.3 is 5.11 Å². The fourth-order valence-corrected chi connectivity index (χ4v) is 1.15. The number of amides is 1. The van der Waals surface area contributed by atoms with E-state index in [1.165, 1.54) is 30.3 Å². The van der Waals surface area contributed by atoms with E-state index in [-0.39, 0.29) is 5.56 Å². The molecule has 1 amide bonds. The molecule has 0 aliphatic heterocycles. The minimum Gasteiger partial charge on any atom is -0.480 e. The Morgan fingerprint density at radius 3 is 2.12 bits per heavy atom. The Bertz CT molecular complexity index is 417. The molecule has 0 aliphatic carbocycles. The first kappa shape index (κ1) is 13.0. The number of hydrogen-bond donors (Lipinski definition) is 1. The molecule has 0 aromatic heterocycles. The zero-order chi connectivity index (χ0) is 13.1. The van der Waals surface area contributed by atoms with Crippen LogP contribution in [-0.2, 0) is 4.79 Å². The Morgan fingerprint density at radius 2 is 1.71 bits per heavy atom. The van der Waals surface area contributed by atoms with Crippen molar-refractivity contribution in [3.8, 4) is 0 Å². The molecular weight excluding hydrogens is 239 g/mol. The second-order valence-electron chi connectivity index (χ2n) is 3.12. The highest BCUT2D eigenvalue weighted by molar-refractivity contribution is 5.96. The van der Waals surface area contributed by atoms with E-state index >= 15 is 0 Å². The lowest BCUT2D eigenvalue weighted by Gasteiger charge is -2.23. The van der Waals surface area contributed by atoms with Gasteiger partial charge in [-0.05, 0) is 12.1 Å². The summed E-state index contributed by atoms with van der Waals surface area (Å²) in [6, 6.07) is 6.68. The third kappa shape index (κ3) is 3.47. The monoisotopic (exact) mass is 247 g/mol. The molecule has 1 aromatic carbocycles. The predicted molar refractivity (Wildman–Crippen MR) is 51.2 cm³/mol. The van der Waals surface area contributed by atoms with Gasteiger partial charge in [-0.15, -0.1) is 13.2 Å². The van der Waals surface area contributed by atoms with Gasteiger partial charge in [0.1, 0.15) is 6.54 Å². The molecule has 0 radical (unpaired) electrons. The summed E-state index contributed by atoms with van der Waals surface area (Å²) in [6.07, 6.45) is -5.02. The van der Waals surface area contributed by atoms with Crippen molar-refractivity contribution in [1.29, 1.82) is 0 Å². The lowest BCUT2D eigenvalue weighted by atomic mass is 10.2. The minimum atomic E-state index is -5.02. The molecule has 0 fully saturated rings. The van der Waals surface area contributed by atoms with Crippen molar-refractivity contribution in [2.45, 2.75) is 6.30 Å². The maximum Gasteiger partial charge on any atom is 0.487 e. The first-order valence-electron chi connectivity index (χ1n) is 4.48. The van der Waals surface area contributed by atoms with Crippen molar-refractivity contribution in [3.05, 3.63) is 35.9 Å². The molecule has 4 nitrogen and oxygen atoms in total. The van der Waals surface area contributed by atoms with E-state index in [1.54, 1.807) is 0 Å². The minimum absolute atomic E-state index is 0.217. The van der Waals surface area contributed by atoms with Crippen molar-refractivity contribution in [1.82, 2.24) is 4.90 Å². The summed E-state index contributed by atoms with van der Waals surface area (Å²) in [4.78, 5) is 21.1. The molecule has 0 aliphatic rings. The normalized spacial score (nSPS) is 11.0. The molecule has 0 heterocycles. The van der Waals surface area contributed by atoms with Gasteiger partial charge in [-0.3, -0.25) is 9.59 Å². The standard InChI is InChI=1S/C10H8F3NO3/c11-10(12,13)14(6-8(15)16)9(17)7-4-2-1-3-5-7/h1-5H,6H2,(H,15,16). The van der Waals surface area contributed by atoms with Crippen LogP contribution in [0.1, 0.15) is 10.4 Å². The zero-order valence-corrected chi connectivity index (χ0v) is 8.44. The highest BCUT2D eigenvalue weighted by atomic mass is 19.4. The van der Waals surface area contributed by atoms with E-state index < -0.39 is 29.6 Å². The van der Waals surface area contributed by atoms with E-state index in [2.05, 4.69) is 0 Å². The van der Waals surface area contributed by atoms with E-state index in [1.807, 2.05) is 0 Å². The van der Waals surface area contributed by atoms with Crippen LogP contribution in [0.4, 0.5) is 13.2 Å². The number of carbonyl (C=O) groups excluding carboxylic acids is 1. The Hall–Kier alpha value is -2.05. The molecule has 1 N–H and O–H groups in total. The van der Waals surface area contributed by atoms with Crippen LogP contribution in [0.25, 0.3) is 0 Å². The van der Waals surface area contributed by atoms with E-state index in [4.69, 9.17) is 5.11 Å². The van der Waals surface area contributed by atoms with Crippen molar-refractivity contribution in [3.63, 3.8) is 0 Å². The van der Waals surface area contributed by atoms with Crippen LogP contribution in [0.5, 0.6) is 0 Å². The number of nitrogens with zero attached hydrogens (tertiary/aromatic N) is 1. The van der Waals surface area contributed by atoms with Crippen LogP contribution in [-0.4, -0.2) is 34.7 Å². The zero-order valence-electron chi connectivity index (χ0n) is 8.44. The molecule has 0 atom stereocenters. The van der Waals surface area contributed by atoms with Crippen LogP contribution in [0.2, 0.25) is 0 Å². The van der Waals surface area contributed by atoms with Gasteiger partial charge in [-0.25, -0.2) is 4.90 Å². The molecule has 92 valence electrons. The molecule has 7 heteroatoms. The first-order chi connectivity index (χ1) is 7.82. The first-order valence-corrected chi connectivity index (χ1v) is 4.48. The quantitative estimate of drug-likeness (QED) is 0.827. The van der Waals surface area contributed by atoms with Crippen molar-refractivity contribution >= 4 is 11.9 Å². The lowest BCUT2D eigenvalue weighted by molar-refractivity contribution is -0.226. The number of hydrogen-bond acceptors (Lipinski definition) is 2. The summed E-state index contributed by atoms with van der Waals surface area (Å²) in [7, 11) is 0. The number of carboxylic acids is 1. The van der Waals surface area contributed by atoms with Crippen LogP contribution in [0, 0.1) is 0 Å². The van der Waals surface area contributed by atoms with Crippen molar-refractivity contribution in [2.75, 3.05) is 6.54 Å². The number of alkyl halides is 3. The molecule has 17 heavy (non-hydrogen) atoms. The van der Waals surface area contributed by atoms with Gasteiger partial charge in [0.25, 0.3) is 5.91 Å². The van der Waals surface area contributed by atoms with Crippen molar-refractivity contribution in [2.24, 2.45) is 0 Å². The number of carbonyl (C=O) groups is 2. The summed E-state index contributed by atoms with van der Waals surface area (Å²) < 4.78 is 37.4. The number of halogens is 3. The second-order valence-corrected chi connectivity index (χ2v) is 3.12. The van der Waals surface area contributed by atoms with E-state index in [9.17, 15) is 22.8 Å². The fourth-order valence-electron chi connectivity index (χ4n) is 1.15. The van der Waals surface area contributed by atoms with Gasteiger partial charge in [0.05, 0.1) is 0 Å². The SMILES string of the molecule is O=C(O)CN(C(=O)c1ccccc1)C(F)(F)F. The molecule has 0 bridgehead atoms. The van der Waals surface area contributed by atoms with E-state index in [0.717, 1.165) is 0 Å². The molecule has 1 aromatic rings. The average Bonchev–Trinajstić information content (AvgIpc) is 2.24. The Balaban J connectivity index is 3.00. The number of aliphatic carboxylic acids is 1. The second kappa shape index (κ2) is 4.86. The van der Waals surface area contributed by atoms with Crippen molar-refractivity contribution < 1.29 is 27.9 Å². The van der Waals surface area contributed by atoms with Gasteiger partial charge in [0.15, 0.2) is 0 Å². The Labute approximate surface area is 94.3 Å². The number of rotatable bonds is 3. The molecule has 0 spiro atoms. The third-order valence-corrected chi connectivity index (χ3v) is 1.87. The van der Waals surface area contributed by atoms with Gasteiger partial charge in [0.2, 0.25) is 0 Å². The van der Waals surface area contributed by atoms with Crippen LogP contribution >= 0.6 is 0 Å². The average molecular weight is 247 g/mol. The Kier molecular flexibility index (Phi) is 3.72. The maximum absolute atomic E-state index is 12.5. The summed E-state index contributed by atoms with van der Waals surface area (Å²) in [5.74, 6) is -3.12. The topological polar surface area (TPSA) is 57.6 Å². The lowest BCUT2D eigenvalue weighted by Crippen LogP contribution is -2.45.